The highest BCUT2D eigenvalue weighted by Gasteiger charge is 2.26. The number of carbonyl (C=O) groups excluding carboxylic acids is 1. The Morgan fingerprint density at radius 3 is 2.52 bits per heavy atom. The third-order valence-electron chi connectivity index (χ3n) is 5.98. The van der Waals surface area contributed by atoms with Gasteiger partial charge >= 0.3 is 0 Å². The third-order valence-corrected chi connectivity index (χ3v) is 7.42. The van der Waals surface area contributed by atoms with Crippen LogP contribution in [0.1, 0.15) is 40.8 Å². The average molecular weight is 478 g/mol. The highest BCUT2D eigenvalue weighted by Crippen LogP contribution is 2.23. The van der Waals surface area contributed by atoms with Crippen LogP contribution in [-0.2, 0) is 19.5 Å². The van der Waals surface area contributed by atoms with E-state index in [1.807, 2.05) is 19.1 Å². The van der Waals surface area contributed by atoms with E-state index in [4.69, 9.17) is 13.9 Å². The summed E-state index contributed by atoms with van der Waals surface area (Å²) in [7, 11) is -3.66. The van der Waals surface area contributed by atoms with Crippen molar-refractivity contribution in [3.8, 4) is 0 Å². The van der Waals surface area contributed by atoms with Crippen LogP contribution in [0.15, 0.2) is 45.7 Å². The molecule has 3 heterocycles. The molecule has 0 saturated carbocycles. The van der Waals surface area contributed by atoms with E-state index in [0.717, 1.165) is 37.5 Å². The molecule has 2 atom stereocenters. The fourth-order valence-corrected chi connectivity index (χ4v) is 5.17. The molecule has 0 unspecified atom stereocenters. The molecule has 0 bridgehead atoms. The van der Waals surface area contributed by atoms with Crippen molar-refractivity contribution in [3.05, 3.63) is 53.5 Å². The number of hydrogen-bond acceptors (Lipinski definition) is 7. The Bertz CT molecular complexity index is 1020. The molecular weight excluding hydrogens is 446 g/mol. The summed E-state index contributed by atoms with van der Waals surface area (Å²) < 4.78 is 44.4. The summed E-state index contributed by atoms with van der Waals surface area (Å²) in [6.45, 7) is 5.97. The zero-order valence-corrected chi connectivity index (χ0v) is 19.6. The predicted octanol–water partition coefficient (Wildman–Crippen LogP) is 1.85. The smallest absolute Gasteiger partial charge is 0.251 e. The molecule has 10 heteroatoms. The van der Waals surface area contributed by atoms with Gasteiger partial charge in [-0.2, -0.15) is 0 Å². The van der Waals surface area contributed by atoms with Crippen molar-refractivity contribution in [2.45, 2.75) is 36.8 Å². The molecular formula is C23H31N3O6S. The topological polar surface area (TPSA) is 110 Å². The van der Waals surface area contributed by atoms with E-state index >= 15 is 0 Å². The lowest BCUT2D eigenvalue weighted by Crippen LogP contribution is -2.43. The first-order chi connectivity index (χ1) is 15.9. The van der Waals surface area contributed by atoms with Crippen LogP contribution in [0, 0.1) is 6.92 Å². The minimum absolute atomic E-state index is 0.0813. The molecule has 0 spiro atoms. The van der Waals surface area contributed by atoms with Crippen molar-refractivity contribution < 1.29 is 27.1 Å². The van der Waals surface area contributed by atoms with E-state index in [-0.39, 0.29) is 29.5 Å². The van der Waals surface area contributed by atoms with Crippen LogP contribution in [0.25, 0.3) is 0 Å². The summed E-state index contributed by atoms with van der Waals surface area (Å²) in [6.07, 6.45) is 1.72. The number of hydrogen-bond donors (Lipinski definition) is 2. The maximum absolute atomic E-state index is 12.8. The number of sulfonamides is 1. The van der Waals surface area contributed by atoms with Crippen molar-refractivity contribution in [2.24, 2.45) is 0 Å². The average Bonchev–Trinajstić information content (AvgIpc) is 3.51. The summed E-state index contributed by atoms with van der Waals surface area (Å²) in [4.78, 5) is 15.1. The monoisotopic (exact) mass is 477 g/mol. The minimum Gasteiger partial charge on any atom is -0.465 e. The van der Waals surface area contributed by atoms with Gasteiger partial charge in [0.05, 0.1) is 30.3 Å². The van der Waals surface area contributed by atoms with Gasteiger partial charge in [0.1, 0.15) is 11.5 Å². The van der Waals surface area contributed by atoms with Crippen LogP contribution in [0.3, 0.4) is 0 Å². The Labute approximate surface area is 194 Å². The lowest BCUT2D eigenvalue weighted by atomic mass is 10.1. The highest BCUT2D eigenvalue weighted by atomic mass is 32.2. The zero-order chi connectivity index (χ0) is 23.3. The van der Waals surface area contributed by atoms with E-state index < -0.39 is 10.0 Å². The summed E-state index contributed by atoms with van der Waals surface area (Å²) >= 11 is 0. The van der Waals surface area contributed by atoms with Gasteiger partial charge in [0.2, 0.25) is 10.0 Å². The minimum atomic E-state index is -3.66. The lowest BCUT2D eigenvalue weighted by molar-refractivity contribution is 0.0117. The maximum atomic E-state index is 12.8. The number of rotatable bonds is 9. The third kappa shape index (κ3) is 6.21. The van der Waals surface area contributed by atoms with Gasteiger partial charge in [-0.1, -0.05) is 0 Å². The molecule has 0 radical (unpaired) electrons. The number of aryl methyl sites for hydroxylation is 1. The van der Waals surface area contributed by atoms with Crippen molar-refractivity contribution in [2.75, 3.05) is 46.0 Å². The molecule has 9 nitrogen and oxygen atoms in total. The van der Waals surface area contributed by atoms with Gasteiger partial charge in [0.15, 0.2) is 0 Å². The first-order valence-corrected chi connectivity index (χ1v) is 12.8. The normalized spacial score (nSPS) is 20.6. The highest BCUT2D eigenvalue weighted by molar-refractivity contribution is 7.89. The fourth-order valence-electron chi connectivity index (χ4n) is 4.10. The second-order valence-corrected chi connectivity index (χ2v) is 10.1. The van der Waals surface area contributed by atoms with Crippen LogP contribution in [0.2, 0.25) is 0 Å². The number of furan rings is 1. The Balaban J connectivity index is 1.36. The van der Waals surface area contributed by atoms with Crippen molar-refractivity contribution >= 4 is 15.9 Å². The van der Waals surface area contributed by atoms with E-state index in [0.29, 0.717) is 31.9 Å². The van der Waals surface area contributed by atoms with Gasteiger partial charge in [-0.3, -0.25) is 9.69 Å². The van der Waals surface area contributed by atoms with Gasteiger partial charge in [-0.15, -0.1) is 0 Å². The molecule has 2 aliphatic heterocycles. The van der Waals surface area contributed by atoms with Gasteiger partial charge in [-0.05, 0) is 56.2 Å². The Morgan fingerprint density at radius 1 is 1.12 bits per heavy atom. The molecule has 180 valence electrons. The Hall–Kier alpha value is -2.24. The van der Waals surface area contributed by atoms with E-state index in [1.54, 1.807) is 0 Å². The molecule has 1 aromatic carbocycles. The van der Waals surface area contributed by atoms with Crippen LogP contribution < -0.4 is 10.0 Å². The largest absolute Gasteiger partial charge is 0.465 e. The summed E-state index contributed by atoms with van der Waals surface area (Å²) in [5, 5.41) is 2.96. The molecule has 0 aliphatic carbocycles. The van der Waals surface area contributed by atoms with Gasteiger partial charge in [-0.25, -0.2) is 13.1 Å². The molecule has 2 aromatic rings. The molecule has 2 N–H and O–H groups in total. The second-order valence-electron chi connectivity index (χ2n) is 8.33. The maximum Gasteiger partial charge on any atom is 0.251 e. The molecule has 2 fully saturated rings. The van der Waals surface area contributed by atoms with Gasteiger partial charge < -0.3 is 19.2 Å². The van der Waals surface area contributed by atoms with E-state index in [9.17, 15) is 13.2 Å². The number of nitrogens with zero attached hydrogens (tertiary/aromatic N) is 1. The predicted molar refractivity (Wildman–Crippen MR) is 122 cm³/mol. The lowest BCUT2D eigenvalue weighted by Gasteiger charge is -2.33. The molecule has 1 amide bonds. The van der Waals surface area contributed by atoms with E-state index in [1.165, 1.54) is 24.3 Å². The molecule has 2 saturated heterocycles. The number of ether oxygens (including phenoxy) is 2. The Kier molecular flexibility index (Phi) is 7.82. The zero-order valence-electron chi connectivity index (χ0n) is 18.8. The quantitative estimate of drug-likeness (QED) is 0.567. The number of morpholine rings is 1. The van der Waals surface area contributed by atoms with Crippen LogP contribution in [-0.4, -0.2) is 71.3 Å². The van der Waals surface area contributed by atoms with Crippen molar-refractivity contribution in [1.82, 2.24) is 14.9 Å². The number of carbonyl (C=O) groups is 1. The number of nitrogens with one attached hydrogen (secondary N) is 2. The van der Waals surface area contributed by atoms with Crippen molar-refractivity contribution in [1.29, 1.82) is 0 Å². The molecule has 33 heavy (non-hydrogen) atoms. The molecule has 2 aliphatic rings. The molecule has 1 aromatic heterocycles. The standard InChI is InChI=1S/C23H31N3O6S/c1-17-4-9-22(32-17)21(26-10-13-30-14-11-26)16-24-23(27)18-5-7-20(8-6-18)33(28,29)25-15-19-3-2-12-31-19/h4-9,19,21,25H,2-3,10-16H2,1H3,(H,24,27)/t19-,21+/m1/s1. The Morgan fingerprint density at radius 2 is 1.88 bits per heavy atom. The van der Waals surface area contributed by atoms with Crippen LogP contribution in [0.5, 0.6) is 0 Å². The van der Waals surface area contributed by atoms with Crippen molar-refractivity contribution in [3.63, 3.8) is 0 Å². The van der Waals surface area contributed by atoms with Gasteiger partial charge in [0.25, 0.3) is 5.91 Å². The summed E-state index contributed by atoms with van der Waals surface area (Å²) in [5.41, 5.74) is 0.393. The second kappa shape index (κ2) is 10.8. The molecule has 4 rings (SSSR count). The first kappa shape index (κ1) is 23.9. The SMILES string of the molecule is Cc1ccc([C@H](CNC(=O)c2ccc(S(=O)(=O)NC[C@H]3CCCO3)cc2)N2CCOCC2)o1. The van der Waals surface area contributed by atoms with Crippen LogP contribution >= 0.6 is 0 Å². The summed E-state index contributed by atoms with van der Waals surface area (Å²) in [5.74, 6) is 1.35. The first-order valence-electron chi connectivity index (χ1n) is 11.3. The number of amides is 1. The van der Waals surface area contributed by atoms with E-state index in [2.05, 4.69) is 14.9 Å². The fraction of sp³-hybridized carbons (Fsp3) is 0.522. The number of benzene rings is 1. The van der Waals surface area contributed by atoms with Crippen LogP contribution in [0.4, 0.5) is 0 Å². The van der Waals surface area contributed by atoms with Gasteiger partial charge in [0, 0.05) is 38.3 Å². The summed E-state index contributed by atoms with van der Waals surface area (Å²) in [6, 6.07) is 9.69.